The SMILES string of the molecule is CC(CN)NCc1cccc2nccnc12. The number of benzene rings is 1. The summed E-state index contributed by atoms with van der Waals surface area (Å²) in [6.45, 7) is 3.47. The van der Waals surface area contributed by atoms with Gasteiger partial charge >= 0.3 is 0 Å². The highest BCUT2D eigenvalue weighted by molar-refractivity contribution is 5.77. The van der Waals surface area contributed by atoms with Crippen molar-refractivity contribution in [2.24, 2.45) is 5.73 Å². The molecule has 0 saturated heterocycles. The molecule has 0 saturated carbocycles. The Morgan fingerprint density at radius 1 is 1.31 bits per heavy atom. The Morgan fingerprint density at radius 2 is 2.12 bits per heavy atom. The van der Waals surface area contributed by atoms with Crippen LogP contribution in [-0.4, -0.2) is 22.6 Å². The van der Waals surface area contributed by atoms with Crippen molar-refractivity contribution in [1.82, 2.24) is 15.3 Å². The maximum Gasteiger partial charge on any atom is 0.0931 e. The molecule has 3 N–H and O–H groups in total. The third-order valence-electron chi connectivity index (χ3n) is 2.58. The Labute approximate surface area is 94.9 Å². The van der Waals surface area contributed by atoms with E-state index >= 15 is 0 Å². The van der Waals surface area contributed by atoms with Crippen LogP contribution in [0.2, 0.25) is 0 Å². The highest BCUT2D eigenvalue weighted by Crippen LogP contribution is 2.13. The van der Waals surface area contributed by atoms with E-state index in [1.165, 1.54) is 0 Å². The van der Waals surface area contributed by atoms with E-state index in [0.29, 0.717) is 12.6 Å². The molecule has 2 aromatic rings. The average Bonchev–Trinajstić information content (AvgIpc) is 2.35. The van der Waals surface area contributed by atoms with Crippen molar-refractivity contribution in [3.63, 3.8) is 0 Å². The first-order valence-corrected chi connectivity index (χ1v) is 5.43. The summed E-state index contributed by atoms with van der Waals surface area (Å²) in [4.78, 5) is 8.63. The molecule has 2 rings (SSSR count). The van der Waals surface area contributed by atoms with Gasteiger partial charge in [0.15, 0.2) is 0 Å². The third-order valence-corrected chi connectivity index (χ3v) is 2.58. The fourth-order valence-electron chi connectivity index (χ4n) is 1.56. The molecular formula is C12H16N4. The van der Waals surface area contributed by atoms with Crippen LogP contribution in [0.5, 0.6) is 0 Å². The number of rotatable bonds is 4. The van der Waals surface area contributed by atoms with Gasteiger partial charge in [0, 0.05) is 31.5 Å². The summed E-state index contributed by atoms with van der Waals surface area (Å²) in [5.41, 5.74) is 8.61. The molecule has 1 aromatic heterocycles. The van der Waals surface area contributed by atoms with Crippen LogP contribution in [0, 0.1) is 0 Å². The van der Waals surface area contributed by atoms with Gasteiger partial charge in [-0.1, -0.05) is 12.1 Å². The number of nitrogens with zero attached hydrogens (tertiary/aromatic N) is 2. The van der Waals surface area contributed by atoms with Crippen molar-refractivity contribution in [3.8, 4) is 0 Å². The molecule has 16 heavy (non-hydrogen) atoms. The summed E-state index contributed by atoms with van der Waals surface area (Å²) >= 11 is 0. The second kappa shape index (κ2) is 5.01. The maximum atomic E-state index is 5.56. The molecule has 1 heterocycles. The summed E-state index contributed by atoms with van der Waals surface area (Å²) < 4.78 is 0. The highest BCUT2D eigenvalue weighted by atomic mass is 14.9. The zero-order valence-corrected chi connectivity index (χ0v) is 9.35. The van der Waals surface area contributed by atoms with Crippen molar-refractivity contribution in [3.05, 3.63) is 36.2 Å². The Balaban J connectivity index is 2.23. The number of nitrogens with one attached hydrogen (secondary N) is 1. The molecule has 0 amide bonds. The first-order chi connectivity index (χ1) is 7.81. The monoisotopic (exact) mass is 216 g/mol. The van der Waals surface area contributed by atoms with E-state index in [0.717, 1.165) is 23.1 Å². The van der Waals surface area contributed by atoms with Crippen LogP contribution in [0.4, 0.5) is 0 Å². The van der Waals surface area contributed by atoms with Gasteiger partial charge in [-0.2, -0.15) is 0 Å². The van der Waals surface area contributed by atoms with Gasteiger partial charge in [-0.25, -0.2) is 0 Å². The molecule has 0 aliphatic carbocycles. The van der Waals surface area contributed by atoms with E-state index in [-0.39, 0.29) is 0 Å². The van der Waals surface area contributed by atoms with E-state index in [2.05, 4.69) is 28.3 Å². The summed E-state index contributed by atoms with van der Waals surface area (Å²) in [6.07, 6.45) is 3.43. The first-order valence-electron chi connectivity index (χ1n) is 5.43. The van der Waals surface area contributed by atoms with E-state index < -0.39 is 0 Å². The first kappa shape index (κ1) is 11.0. The molecule has 0 aliphatic rings. The molecular weight excluding hydrogens is 200 g/mol. The van der Waals surface area contributed by atoms with Gasteiger partial charge in [-0.15, -0.1) is 0 Å². The van der Waals surface area contributed by atoms with Gasteiger partial charge in [-0.05, 0) is 18.6 Å². The lowest BCUT2D eigenvalue weighted by Gasteiger charge is -2.11. The predicted molar refractivity (Wildman–Crippen MR) is 64.9 cm³/mol. The number of hydrogen-bond donors (Lipinski definition) is 2. The summed E-state index contributed by atoms with van der Waals surface area (Å²) in [6, 6.07) is 6.35. The lowest BCUT2D eigenvalue weighted by Crippen LogP contribution is -2.32. The number of aromatic nitrogens is 2. The minimum atomic E-state index is 0.312. The van der Waals surface area contributed by atoms with Gasteiger partial charge < -0.3 is 11.1 Å². The molecule has 84 valence electrons. The van der Waals surface area contributed by atoms with Crippen molar-refractivity contribution in [1.29, 1.82) is 0 Å². The van der Waals surface area contributed by atoms with Crippen LogP contribution in [-0.2, 0) is 6.54 Å². The second-order valence-corrected chi connectivity index (χ2v) is 3.86. The van der Waals surface area contributed by atoms with E-state index in [1.807, 2.05) is 12.1 Å². The number of hydrogen-bond acceptors (Lipinski definition) is 4. The fraction of sp³-hybridized carbons (Fsp3) is 0.333. The standard InChI is InChI=1S/C12H16N4/c1-9(7-13)16-8-10-3-2-4-11-12(10)15-6-5-14-11/h2-6,9,16H,7-8,13H2,1H3. The third kappa shape index (κ3) is 2.35. The summed E-state index contributed by atoms with van der Waals surface area (Å²) in [7, 11) is 0. The Bertz CT molecular complexity index is 464. The highest BCUT2D eigenvalue weighted by Gasteiger charge is 2.03. The molecule has 4 heteroatoms. The fourth-order valence-corrected chi connectivity index (χ4v) is 1.56. The summed E-state index contributed by atoms with van der Waals surface area (Å²) in [5, 5.41) is 3.35. The van der Waals surface area contributed by atoms with Crippen molar-refractivity contribution in [2.75, 3.05) is 6.54 Å². The van der Waals surface area contributed by atoms with E-state index in [9.17, 15) is 0 Å². The number of para-hydroxylation sites is 1. The molecule has 0 spiro atoms. The molecule has 1 unspecified atom stereocenters. The van der Waals surface area contributed by atoms with E-state index in [1.54, 1.807) is 12.4 Å². The Kier molecular flexibility index (Phi) is 3.44. The maximum absolute atomic E-state index is 5.56. The lowest BCUT2D eigenvalue weighted by molar-refractivity contribution is 0.557. The predicted octanol–water partition coefficient (Wildman–Crippen LogP) is 1.07. The topological polar surface area (TPSA) is 63.8 Å². The number of nitrogens with two attached hydrogens (primary N) is 1. The molecule has 1 atom stereocenters. The van der Waals surface area contributed by atoms with Crippen molar-refractivity contribution in [2.45, 2.75) is 19.5 Å². The molecule has 4 nitrogen and oxygen atoms in total. The van der Waals surface area contributed by atoms with Crippen molar-refractivity contribution < 1.29 is 0 Å². The lowest BCUT2D eigenvalue weighted by atomic mass is 10.1. The molecule has 0 bridgehead atoms. The van der Waals surface area contributed by atoms with Gasteiger partial charge in [0.25, 0.3) is 0 Å². The van der Waals surface area contributed by atoms with Crippen LogP contribution < -0.4 is 11.1 Å². The zero-order valence-electron chi connectivity index (χ0n) is 9.35. The quantitative estimate of drug-likeness (QED) is 0.802. The minimum absolute atomic E-state index is 0.312. The largest absolute Gasteiger partial charge is 0.329 e. The Hall–Kier alpha value is -1.52. The molecule has 0 fully saturated rings. The molecule has 0 aliphatic heterocycles. The molecule has 1 aromatic carbocycles. The van der Waals surface area contributed by atoms with Gasteiger partial charge in [-0.3, -0.25) is 9.97 Å². The van der Waals surface area contributed by atoms with Gasteiger partial charge in [0.05, 0.1) is 11.0 Å². The second-order valence-electron chi connectivity index (χ2n) is 3.86. The summed E-state index contributed by atoms with van der Waals surface area (Å²) in [5.74, 6) is 0. The zero-order chi connectivity index (χ0) is 11.4. The van der Waals surface area contributed by atoms with Crippen LogP contribution in [0.25, 0.3) is 11.0 Å². The van der Waals surface area contributed by atoms with Crippen LogP contribution in [0.1, 0.15) is 12.5 Å². The van der Waals surface area contributed by atoms with E-state index in [4.69, 9.17) is 5.73 Å². The van der Waals surface area contributed by atoms with Crippen LogP contribution >= 0.6 is 0 Å². The van der Waals surface area contributed by atoms with Crippen LogP contribution in [0.3, 0.4) is 0 Å². The smallest absolute Gasteiger partial charge is 0.0931 e. The average molecular weight is 216 g/mol. The number of fused-ring (bicyclic) bond motifs is 1. The van der Waals surface area contributed by atoms with Crippen LogP contribution in [0.15, 0.2) is 30.6 Å². The van der Waals surface area contributed by atoms with Gasteiger partial charge in [0.1, 0.15) is 0 Å². The van der Waals surface area contributed by atoms with Gasteiger partial charge in [0.2, 0.25) is 0 Å². The minimum Gasteiger partial charge on any atom is -0.329 e. The molecule has 0 radical (unpaired) electrons. The Morgan fingerprint density at radius 3 is 2.94 bits per heavy atom. The normalized spacial score (nSPS) is 12.9. The van der Waals surface area contributed by atoms with Crippen molar-refractivity contribution >= 4 is 11.0 Å².